The summed E-state index contributed by atoms with van der Waals surface area (Å²) in [6.07, 6.45) is 2.71. The molecule has 11 nitrogen and oxygen atoms in total. The van der Waals surface area contributed by atoms with Gasteiger partial charge in [0, 0.05) is 18.4 Å². The van der Waals surface area contributed by atoms with Crippen molar-refractivity contribution >= 4 is 33.9 Å². The van der Waals surface area contributed by atoms with Gasteiger partial charge in [-0.05, 0) is 134 Å². The summed E-state index contributed by atoms with van der Waals surface area (Å²) in [6, 6.07) is 35.0. The van der Waals surface area contributed by atoms with E-state index in [2.05, 4.69) is 50.8 Å². The predicted octanol–water partition coefficient (Wildman–Crippen LogP) is 5.13. The molecule has 4 rings (SSSR count). The summed E-state index contributed by atoms with van der Waals surface area (Å²) in [7, 11) is 0. The Bertz CT molecular complexity index is 1860. The number of ketones is 1. The maximum absolute atomic E-state index is 11.6. The summed E-state index contributed by atoms with van der Waals surface area (Å²) >= 11 is 3.27. The fraction of sp³-hybridized carbons (Fsp3) is 0.460. The van der Waals surface area contributed by atoms with Gasteiger partial charge in [0.05, 0.1) is 18.8 Å². The van der Waals surface area contributed by atoms with E-state index in [1.807, 2.05) is 114 Å². The Morgan fingerprint density at radius 2 is 1.03 bits per heavy atom. The van der Waals surface area contributed by atoms with E-state index in [0.29, 0.717) is 50.5 Å². The van der Waals surface area contributed by atoms with E-state index in [4.69, 9.17) is 18.9 Å². The molecule has 0 aliphatic heterocycles. The van der Waals surface area contributed by atoms with Gasteiger partial charge in [0.15, 0.2) is 5.78 Å². The fourth-order valence-corrected chi connectivity index (χ4v) is 5.66. The molecule has 4 aromatic rings. The molecule has 0 fully saturated rings. The summed E-state index contributed by atoms with van der Waals surface area (Å²) in [4.78, 5) is 33.5. The molecule has 0 heterocycles. The number of hydrogen-bond acceptors (Lipinski definition) is 9. The van der Waals surface area contributed by atoms with E-state index < -0.39 is 29.5 Å². The molecule has 0 unspecified atom stereocenters. The number of hydrogen-bond donors (Lipinski definition) is 4. The molecule has 4 aromatic carbocycles. The monoisotopic (exact) mass is 970 g/mol. The molecule has 0 saturated carbocycles. The van der Waals surface area contributed by atoms with Crippen molar-refractivity contribution in [3.05, 3.63) is 131 Å². The Balaban J connectivity index is -0.000000451. The first-order valence-electron chi connectivity index (χ1n) is 20.8. The maximum atomic E-state index is 11.6. The molecule has 0 saturated heterocycles. The minimum Gasteiger partial charge on any atom is -1.00 e. The van der Waals surface area contributed by atoms with Gasteiger partial charge in [0.1, 0.15) is 29.3 Å². The number of aliphatic hydroxyl groups is 2. The van der Waals surface area contributed by atoms with Gasteiger partial charge in [-0.2, -0.15) is 0 Å². The molecule has 0 aliphatic rings. The van der Waals surface area contributed by atoms with Crippen LogP contribution in [0.4, 0.5) is 9.59 Å². The number of halogens is 1. The molecule has 346 valence electrons. The van der Waals surface area contributed by atoms with Crippen LogP contribution in [-0.4, -0.2) is 71.0 Å². The van der Waals surface area contributed by atoms with Crippen molar-refractivity contribution in [2.75, 3.05) is 31.6 Å². The van der Waals surface area contributed by atoms with Gasteiger partial charge in [0.25, 0.3) is 0 Å². The molecular weight excluding hydrogens is 898 g/mol. The van der Waals surface area contributed by atoms with E-state index in [-0.39, 0.29) is 87.9 Å². The van der Waals surface area contributed by atoms with Gasteiger partial charge in [-0.25, -0.2) is 9.59 Å². The Kier molecular flexibility index (Phi) is 34.8. The van der Waals surface area contributed by atoms with Crippen molar-refractivity contribution in [2.24, 2.45) is 0 Å². The summed E-state index contributed by atoms with van der Waals surface area (Å²) in [6.45, 7) is 14.2. The van der Waals surface area contributed by atoms with Crippen LogP contribution < -0.4 is 79.2 Å². The van der Waals surface area contributed by atoms with Crippen molar-refractivity contribution in [3.8, 4) is 11.5 Å². The molecule has 2 amide bonds. The second-order valence-corrected chi connectivity index (χ2v) is 17.1. The predicted molar refractivity (Wildman–Crippen MR) is 254 cm³/mol. The molecule has 0 radical (unpaired) electrons. The first-order chi connectivity index (χ1) is 28.9. The number of aryl methyl sites for hydroxylation is 2. The molecule has 0 spiro atoms. The fourth-order valence-electron chi connectivity index (χ4n) is 5.38. The number of ether oxygens (including phenoxy) is 4. The molecule has 14 heteroatoms. The number of alkyl halides is 1. The van der Waals surface area contributed by atoms with Gasteiger partial charge in [0.2, 0.25) is 0 Å². The maximum Gasteiger partial charge on any atom is 1.00 e. The zero-order valence-electron chi connectivity index (χ0n) is 41.0. The molecule has 0 aromatic heterocycles. The summed E-state index contributed by atoms with van der Waals surface area (Å²) in [5, 5.41) is 27.0. The molecule has 0 bridgehead atoms. The Labute approximate surface area is 438 Å². The van der Waals surface area contributed by atoms with E-state index in [1.165, 1.54) is 18.1 Å². The van der Waals surface area contributed by atoms with Crippen LogP contribution in [0.3, 0.4) is 0 Å². The molecule has 2 atom stereocenters. The summed E-state index contributed by atoms with van der Waals surface area (Å²) < 4.78 is 21.3. The van der Waals surface area contributed by atoms with Gasteiger partial charge in [-0.3, -0.25) is 4.79 Å². The number of benzene rings is 4. The van der Waals surface area contributed by atoms with Crippen LogP contribution in [0.1, 0.15) is 119 Å². The van der Waals surface area contributed by atoms with Crippen LogP contribution in [0.2, 0.25) is 0 Å². The summed E-state index contributed by atoms with van der Waals surface area (Å²) in [5.74, 6) is 1.31. The number of nitrogens with one attached hydrogen (secondary N) is 2. The Morgan fingerprint density at radius 1 is 0.625 bits per heavy atom. The Hall–Kier alpha value is -2.91. The normalized spacial score (nSPS) is 11.3. The summed E-state index contributed by atoms with van der Waals surface area (Å²) in [5.41, 5.74) is 3.18. The number of alkyl carbamates (subject to hydrolysis) is 2. The van der Waals surface area contributed by atoms with Crippen LogP contribution in [0, 0.1) is 0 Å². The van der Waals surface area contributed by atoms with Crippen molar-refractivity contribution in [1.82, 2.24) is 10.6 Å². The molecule has 0 aliphatic carbocycles. The molecule has 4 N–H and O–H groups in total. The van der Waals surface area contributed by atoms with Crippen LogP contribution in [0.15, 0.2) is 109 Å². The van der Waals surface area contributed by atoms with Crippen LogP contribution in [0.5, 0.6) is 11.5 Å². The van der Waals surface area contributed by atoms with E-state index in [9.17, 15) is 24.6 Å². The minimum absolute atomic E-state index is 0. The quantitative estimate of drug-likeness (QED) is 0.0570. The Morgan fingerprint density at radius 3 is 1.42 bits per heavy atom. The van der Waals surface area contributed by atoms with Gasteiger partial charge < -0.3 is 42.6 Å². The number of amides is 2. The van der Waals surface area contributed by atoms with E-state index >= 15 is 0 Å². The van der Waals surface area contributed by atoms with Crippen molar-refractivity contribution in [2.45, 2.75) is 118 Å². The van der Waals surface area contributed by atoms with Crippen LogP contribution >= 0.6 is 15.9 Å². The van der Waals surface area contributed by atoms with Crippen molar-refractivity contribution in [1.29, 1.82) is 0 Å². The number of aliphatic hydroxyl groups excluding tert-OH is 2. The third-order valence-corrected chi connectivity index (χ3v) is 8.82. The zero-order valence-corrected chi connectivity index (χ0v) is 44.5. The molecular formula is C50H73BrN2Na2O9. The number of rotatable bonds is 19. The average molecular weight is 972 g/mol. The molecule has 64 heavy (non-hydrogen) atoms. The standard InChI is InChI=1S/C23H31NO4.C18H20O3.C8H16BrNO2.CH4.2Na.2H/c1-23(2,3)28-22(26)24-15-8-16-27-20-12-7-11-19(17-20)21(25)14-13-18-9-5-4-6-10-18;1-14(19)13-21-17-9-5-8-16(12-17)18(20)11-10-15-6-3-2-4-7-15;1-8(2,3)12-7(11)10-6-4-5-9;;;;;/h4-7,9-12,17,21,25H,8,13-16H2,1-3H3,(H,24,26);2-9,12,18,20H,10-11,13H2,1H3;4-6H2,1-3H3,(H,10,11);1H4;;;;/q;;;;2*+1;2*-1/t21-;18-;;;;;;/m11....../s1. The minimum atomic E-state index is -0.536. The van der Waals surface area contributed by atoms with Crippen molar-refractivity contribution < 1.29 is 106 Å². The van der Waals surface area contributed by atoms with Gasteiger partial charge in [-0.1, -0.05) is 108 Å². The van der Waals surface area contributed by atoms with Crippen LogP contribution in [0.25, 0.3) is 0 Å². The average Bonchev–Trinajstić information content (AvgIpc) is 3.21. The number of carbonyl (C=O) groups excluding carboxylic acids is 3. The van der Waals surface area contributed by atoms with Gasteiger partial charge >= 0.3 is 71.3 Å². The van der Waals surface area contributed by atoms with Crippen molar-refractivity contribution in [3.63, 3.8) is 0 Å². The van der Waals surface area contributed by atoms with E-state index in [1.54, 1.807) is 12.1 Å². The first-order valence-corrected chi connectivity index (χ1v) is 21.9. The second-order valence-electron chi connectivity index (χ2n) is 16.3. The smallest absolute Gasteiger partial charge is 1.00 e. The largest absolute Gasteiger partial charge is 1.00 e. The van der Waals surface area contributed by atoms with Crippen LogP contribution in [-0.2, 0) is 27.1 Å². The first kappa shape index (κ1) is 63.2. The van der Waals surface area contributed by atoms with Gasteiger partial charge in [-0.15, -0.1) is 0 Å². The second kappa shape index (κ2) is 35.3. The number of carbonyl (C=O) groups is 3. The zero-order chi connectivity index (χ0) is 45.1. The third kappa shape index (κ3) is 31.9. The SMILES string of the molecule is C.CC(=O)COc1cccc([C@H](O)CCc2ccccc2)c1.CC(C)(C)OC(=O)NCCCBr.CC(C)(C)OC(=O)NCCCOc1cccc([C@H](O)CCc2ccccc2)c1.[H-].[H-].[Na+].[Na+]. The number of Topliss-reactive ketones (excluding diaryl/α,β-unsaturated/α-hetero) is 1. The topological polar surface area (TPSA) is 153 Å². The third-order valence-electron chi connectivity index (χ3n) is 8.26. The van der Waals surface area contributed by atoms with E-state index in [0.717, 1.165) is 35.7 Å².